The van der Waals surface area contributed by atoms with Gasteiger partial charge in [-0.25, -0.2) is 4.79 Å². The van der Waals surface area contributed by atoms with E-state index >= 15 is 0 Å². The van der Waals surface area contributed by atoms with Crippen molar-refractivity contribution in [3.8, 4) is 0 Å². The number of aromatic nitrogens is 2. The highest BCUT2D eigenvalue weighted by Crippen LogP contribution is 2.50. The Balaban J connectivity index is 1.22. The summed E-state index contributed by atoms with van der Waals surface area (Å²) in [5.74, 6) is 1.75. The molecule has 3 aromatic rings. The highest BCUT2D eigenvalue weighted by Gasteiger charge is 2.57. The molecule has 1 aliphatic carbocycles. The molecule has 2 aromatic carbocycles. The third-order valence-electron chi connectivity index (χ3n) is 7.03. The van der Waals surface area contributed by atoms with Gasteiger partial charge in [0.2, 0.25) is 5.89 Å². The molecule has 2 N–H and O–H groups in total. The SMILES string of the molecule is Cc1noc([C@]23C[C@H](NC(=O)NCCc4ccccc4)C[C@H]2CN(Cc2ccccc2)C3)n1. The number of benzene rings is 2. The molecule has 0 bridgehead atoms. The van der Waals surface area contributed by atoms with Crippen LogP contribution in [0, 0.1) is 12.8 Å². The second-order valence-corrected chi connectivity index (χ2v) is 9.43. The zero-order valence-corrected chi connectivity index (χ0v) is 19.0. The highest BCUT2D eigenvalue weighted by atomic mass is 16.5. The fourth-order valence-electron chi connectivity index (χ4n) is 5.58. The third-order valence-corrected chi connectivity index (χ3v) is 7.03. The number of rotatable bonds is 7. The first kappa shape index (κ1) is 21.6. The summed E-state index contributed by atoms with van der Waals surface area (Å²) in [6.45, 7) is 5.21. The van der Waals surface area contributed by atoms with E-state index < -0.39 is 0 Å². The average molecular weight is 446 g/mol. The van der Waals surface area contributed by atoms with Gasteiger partial charge in [-0.2, -0.15) is 4.98 Å². The molecule has 0 radical (unpaired) electrons. The van der Waals surface area contributed by atoms with E-state index in [0.717, 1.165) is 38.9 Å². The molecule has 0 unspecified atom stereocenters. The Morgan fingerprint density at radius 3 is 2.55 bits per heavy atom. The number of hydrogen-bond acceptors (Lipinski definition) is 5. The molecule has 33 heavy (non-hydrogen) atoms. The Morgan fingerprint density at radius 1 is 1.12 bits per heavy atom. The van der Waals surface area contributed by atoms with Crippen LogP contribution in [0.2, 0.25) is 0 Å². The van der Waals surface area contributed by atoms with Crippen molar-refractivity contribution < 1.29 is 9.32 Å². The minimum atomic E-state index is -0.210. The summed E-state index contributed by atoms with van der Waals surface area (Å²) < 4.78 is 5.70. The van der Waals surface area contributed by atoms with E-state index in [2.05, 4.69) is 62.1 Å². The summed E-state index contributed by atoms with van der Waals surface area (Å²) in [5, 5.41) is 10.3. The number of nitrogens with zero attached hydrogens (tertiary/aromatic N) is 3. The molecule has 2 aliphatic rings. The van der Waals surface area contributed by atoms with Crippen molar-refractivity contribution in [3.63, 3.8) is 0 Å². The second-order valence-electron chi connectivity index (χ2n) is 9.43. The van der Waals surface area contributed by atoms with Gasteiger partial charge in [-0.3, -0.25) is 4.90 Å². The summed E-state index contributed by atoms with van der Waals surface area (Å²) in [6, 6.07) is 20.7. The first-order valence-corrected chi connectivity index (χ1v) is 11.8. The largest absolute Gasteiger partial charge is 0.339 e. The molecular formula is C26H31N5O2. The van der Waals surface area contributed by atoms with Crippen LogP contribution in [0.1, 0.15) is 35.7 Å². The van der Waals surface area contributed by atoms with Crippen LogP contribution >= 0.6 is 0 Å². The van der Waals surface area contributed by atoms with Gasteiger partial charge >= 0.3 is 6.03 Å². The van der Waals surface area contributed by atoms with Crippen molar-refractivity contribution in [3.05, 3.63) is 83.5 Å². The summed E-state index contributed by atoms with van der Waals surface area (Å²) in [7, 11) is 0. The molecule has 1 aromatic heterocycles. The molecule has 1 saturated carbocycles. The zero-order valence-electron chi connectivity index (χ0n) is 19.0. The lowest BCUT2D eigenvalue weighted by Crippen LogP contribution is -2.43. The minimum absolute atomic E-state index is 0.0952. The van der Waals surface area contributed by atoms with Gasteiger partial charge in [0, 0.05) is 32.2 Å². The Morgan fingerprint density at radius 2 is 1.85 bits per heavy atom. The van der Waals surface area contributed by atoms with Gasteiger partial charge in [-0.15, -0.1) is 0 Å². The fourth-order valence-corrected chi connectivity index (χ4v) is 5.58. The number of aryl methyl sites for hydroxylation is 1. The van der Waals surface area contributed by atoms with Gasteiger partial charge in [0.1, 0.15) is 0 Å². The summed E-state index contributed by atoms with van der Waals surface area (Å²) in [6.07, 6.45) is 2.55. The van der Waals surface area contributed by atoms with Gasteiger partial charge in [0.25, 0.3) is 0 Å². The molecule has 7 nitrogen and oxygen atoms in total. The summed E-state index contributed by atoms with van der Waals surface area (Å²) in [4.78, 5) is 19.7. The third kappa shape index (κ3) is 4.78. The predicted octanol–water partition coefficient (Wildman–Crippen LogP) is 3.45. The van der Waals surface area contributed by atoms with Crippen LogP contribution < -0.4 is 10.6 Å². The number of urea groups is 1. The van der Waals surface area contributed by atoms with Crippen molar-refractivity contribution in [2.45, 2.75) is 44.2 Å². The standard InChI is InChI=1S/C26H31N5O2/c1-19-28-24(33-30-19)26-15-23(29-25(32)27-13-12-20-8-4-2-5-9-20)14-22(26)17-31(18-26)16-21-10-6-3-7-11-21/h2-11,22-23H,12-18H2,1H3,(H2,27,29,32)/t22-,23+,26-/m0/s1. The number of likely N-dealkylation sites (tertiary alicyclic amines) is 1. The molecule has 1 aliphatic heterocycles. The van der Waals surface area contributed by atoms with Crippen molar-refractivity contribution >= 4 is 6.03 Å². The van der Waals surface area contributed by atoms with E-state index in [-0.39, 0.29) is 17.5 Å². The maximum Gasteiger partial charge on any atom is 0.315 e. The van der Waals surface area contributed by atoms with Gasteiger partial charge < -0.3 is 15.2 Å². The first-order valence-electron chi connectivity index (χ1n) is 11.8. The van der Waals surface area contributed by atoms with Crippen LogP contribution in [-0.2, 0) is 18.4 Å². The Kier molecular flexibility index (Phi) is 6.13. The molecule has 1 saturated heterocycles. The van der Waals surface area contributed by atoms with Crippen LogP contribution in [-0.4, -0.2) is 46.7 Å². The van der Waals surface area contributed by atoms with Gasteiger partial charge in [-0.1, -0.05) is 65.8 Å². The first-order chi connectivity index (χ1) is 16.1. The molecule has 0 spiro atoms. The maximum absolute atomic E-state index is 12.6. The van der Waals surface area contributed by atoms with Crippen LogP contribution in [0.3, 0.4) is 0 Å². The quantitative estimate of drug-likeness (QED) is 0.582. The summed E-state index contributed by atoms with van der Waals surface area (Å²) in [5.41, 5.74) is 2.32. The zero-order chi connectivity index (χ0) is 22.7. The Labute approximate surface area is 194 Å². The van der Waals surface area contributed by atoms with Crippen LogP contribution in [0.4, 0.5) is 4.79 Å². The molecule has 2 heterocycles. The smallest absolute Gasteiger partial charge is 0.315 e. The van der Waals surface area contributed by atoms with E-state index in [1.165, 1.54) is 11.1 Å². The number of carbonyl (C=O) groups is 1. The van der Waals surface area contributed by atoms with E-state index in [9.17, 15) is 4.79 Å². The fraction of sp³-hybridized carbons (Fsp3) is 0.423. The van der Waals surface area contributed by atoms with Crippen molar-refractivity contribution in [2.24, 2.45) is 5.92 Å². The lowest BCUT2D eigenvalue weighted by Gasteiger charge is -2.25. The highest BCUT2D eigenvalue weighted by molar-refractivity contribution is 5.74. The number of carbonyl (C=O) groups excluding carboxylic acids is 1. The second kappa shape index (κ2) is 9.35. The number of hydrogen-bond donors (Lipinski definition) is 2. The lowest BCUT2D eigenvalue weighted by atomic mass is 9.80. The molecule has 5 rings (SSSR count). The van der Waals surface area contributed by atoms with Crippen molar-refractivity contribution in [1.29, 1.82) is 0 Å². The molecular weight excluding hydrogens is 414 g/mol. The van der Waals surface area contributed by atoms with Gasteiger partial charge in [-0.05, 0) is 43.2 Å². The number of nitrogens with one attached hydrogen (secondary N) is 2. The van der Waals surface area contributed by atoms with Crippen molar-refractivity contribution in [2.75, 3.05) is 19.6 Å². The Bertz CT molecular complexity index is 1070. The van der Waals surface area contributed by atoms with Crippen LogP contribution in [0.5, 0.6) is 0 Å². The monoisotopic (exact) mass is 445 g/mol. The van der Waals surface area contributed by atoms with Gasteiger partial charge in [0.05, 0.1) is 5.41 Å². The van der Waals surface area contributed by atoms with Crippen molar-refractivity contribution in [1.82, 2.24) is 25.7 Å². The van der Waals surface area contributed by atoms with E-state index in [0.29, 0.717) is 24.2 Å². The predicted molar refractivity (Wildman–Crippen MR) is 126 cm³/mol. The number of fused-ring (bicyclic) bond motifs is 1. The van der Waals surface area contributed by atoms with E-state index in [4.69, 9.17) is 4.52 Å². The number of amides is 2. The van der Waals surface area contributed by atoms with Crippen LogP contribution in [0.25, 0.3) is 0 Å². The molecule has 2 fully saturated rings. The topological polar surface area (TPSA) is 83.3 Å². The molecule has 172 valence electrons. The average Bonchev–Trinajstić information content (AvgIpc) is 3.48. The van der Waals surface area contributed by atoms with E-state index in [1.54, 1.807) is 0 Å². The van der Waals surface area contributed by atoms with Crippen LogP contribution in [0.15, 0.2) is 65.2 Å². The molecule has 2 amide bonds. The molecule has 3 atom stereocenters. The maximum atomic E-state index is 12.6. The minimum Gasteiger partial charge on any atom is -0.339 e. The van der Waals surface area contributed by atoms with Gasteiger partial charge in [0.15, 0.2) is 5.82 Å². The lowest BCUT2D eigenvalue weighted by molar-refractivity contribution is 0.228. The Hall–Kier alpha value is -3.19. The normalized spacial score (nSPS) is 24.5. The van der Waals surface area contributed by atoms with E-state index in [1.807, 2.05) is 31.2 Å². The summed E-state index contributed by atoms with van der Waals surface area (Å²) >= 11 is 0. The molecule has 7 heteroatoms.